The lowest BCUT2D eigenvalue weighted by Crippen LogP contribution is -1.97. The number of methoxy groups -OCH3 is 1. The second-order valence-electron chi connectivity index (χ2n) is 3.79. The van der Waals surface area contributed by atoms with Crippen LogP contribution in [0, 0.1) is 9.81 Å². The zero-order valence-electron chi connectivity index (χ0n) is 9.54. The molecule has 2 aromatic rings. The Balaban J connectivity index is 2.42. The van der Waals surface area contributed by atoms with Gasteiger partial charge in [0, 0.05) is 5.56 Å². The van der Waals surface area contributed by atoms with E-state index >= 15 is 0 Å². The van der Waals surface area contributed by atoms with Crippen molar-refractivity contribution in [3.63, 3.8) is 0 Å². The summed E-state index contributed by atoms with van der Waals surface area (Å²) in [4.78, 5) is 0. The van der Waals surface area contributed by atoms with Gasteiger partial charge in [-0.2, -0.15) is 0 Å². The van der Waals surface area contributed by atoms with Gasteiger partial charge in [-0.25, -0.2) is 0 Å². The van der Waals surface area contributed by atoms with E-state index in [0.717, 1.165) is 16.9 Å². The van der Waals surface area contributed by atoms with Crippen LogP contribution in [0.5, 0.6) is 5.75 Å². The lowest BCUT2D eigenvalue weighted by Gasteiger charge is -2.13. The SMILES string of the molecule is COc1ccc(C)cc1C(Cl)c1csc(I)c1. The van der Waals surface area contributed by atoms with Crippen LogP contribution in [0.3, 0.4) is 0 Å². The van der Waals surface area contributed by atoms with Gasteiger partial charge >= 0.3 is 0 Å². The molecular formula is C13H12ClIOS. The molecule has 1 atom stereocenters. The average molecular weight is 379 g/mol. The minimum atomic E-state index is -0.149. The molecule has 0 saturated carbocycles. The van der Waals surface area contributed by atoms with Crippen LogP contribution in [0.2, 0.25) is 0 Å². The molecule has 0 spiro atoms. The van der Waals surface area contributed by atoms with Crippen molar-refractivity contribution in [2.75, 3.05) is 7.11 Å². The van der Waals surface area contributed by atoms with E-state index in [2.05, 4.69) is 47.0 Å². The van der Waals surface area contributed by atoms with Gasteiger partial charge in [-0.05, 0) is 52.6 Å². The molecule has 2 rings (SSSR count). The molecule has 17 heavy (non-hydrogen) atoms. The van der Waals surface area contributed by atoms with Crippen LogP contribution in [-0.4, -0.2) is 7.11 Å². The first-order valence-corrected chi connectivity index (χ1v) is 7.54. The van der Waals surface area contributed by atoms with Crippen molar-refractivity contribution in [1.82, 2.24) is 0 Å². The van der Waals surface area contributed by atoms with E-state index < -0.39 is 0 Å². The maximum absolute atomic E-state index is 6.52. The molecule has 0 saturated heterocycles. The summed E-state index contributed by atoms with van der Waals surface area (Å²) in [6.45, 7) is 2.06. The van der Waals surface area contributed by atoms with E-state index in [1.807, 2.05) is 12.1 Å². The number of aryl methyl sites for hydroxylation is 1. The zero-order chi connectivity index (χ0) is 12.4. The maximum Gasteiger partial charge on any atom is 0.123 e. The second kappa shape index (κ2) is 5.59. The van der Waals surface area contributed by atoms with Gasteiger partial charge in [0.25, 0.3) is 0 Å². The second-order valence-corrected chi connectivity index (χ2v) is 7.03. The molecule has 1 nitrogen and oxygen atoms in total. The maximum atomic E-state index is 6.52. The van der Waals surface area contributed by atoms with E-state index in [1.165, 1.54) is 8.45 Å². The van der Waals surface area contributed by atoms with Crippen LogP contribution in [-0.2, 0) is 0 Å². The van der Waals surface area contributed by atoms with Crippen molar-refractivity contribution >= 4 is 45.5 Å². The molecular weight excluding hydrogens is 367 g/mol. The van der Waals surface area contributed by atoms with Crippen LogP contribution >= 0.6 is 45.5 Å². The molecule has 0 radical (unpaired) electrons. The summed E-state index contributed by atoms with van der Waals surface area (Å²) < 4.78 is 6.61. The fourth-order valence-corrected chi connectivity index (χ4v) is 3.46. The first-order chi connectivity index (χ1) is 8.11. The van der Waals surface area contributed by atoms with Crippen molar-refractivity contribution in [3.8, 4) is 5.75 Å². The van der Waals surface area contributed by atoms with Gasteiger partial charge in [0.2, 0.25) is 0 Å². The highest BCUT2D eigenvalue weighted by Crippen LogP contribution is 2.37. The molecule has 0 fully saturated rings. The average Bonchev–Trinajstić information content (AvgIpc) is 2.75. The highest BCUT2D eigenvalue weighted by atomic mass is 127. The number of thiophene rings is 1. The number of ether oxygens (including phenoxy) is 1. The summed E-state index contributed by atoms with van der Waals surface area (Å²) >= 11 is 10.5. The lowest BCUT2D eigenvalue weighted by molar-refractivity contribution is 0.410. The quantitative estimate of drug-likeness (QED) is 0.539. The van der Waals surface area contributed by atoms with E-state index in [4.69, 9.17) is 16.3 Å². The van der Waals surface area contributed by atoms with E-state index in [1.54, 1.807) is 18.4 Å². The van der Waals surface area contributed by atoms with E-state index in [9.17, 15) is 0 Å². The normalized spacial score (nSPS) is 12.5. The van der Waals surface area contributed by atoms with Gasteiger partial charge in [0.05, 0.1) is 15.4 Å². The smallest absolute Gasteiger partial charge is 0.123 e. The summed E-state index contributed by atoms with van der Waals surface area (Å²) in [5.74, 6) is 0.844. The molecule has 1 aromatic heterocycles. The summed E-state index contributed by atoms with van der Waals surface area (Å²) in [7, 11) is 1.68. The van der Waals surface area contributed by atoms with Crippen LogP contribution in [0.1, 0.15) is 22.1 Å². The number of halogens is 2. The largest absolute Gasteiger partial charge is 0.496 e. The van der Waals surface area contributed by atoms with Crippen molar-refractivity contribution < 1.29 is 4.74 Å². The molecule has 1 heterocycles. The number of benzene rings is 1. The highest BCUT2D eigenvalue weighted by Gasteiger charge is 2.17. The van der Waals surface area contributed by atoms with Gasteiger partial charge in [-0.15, -0.1) is 22.9 Å². The summed E-state index contributed by atoms with van der Waals surface area (Å²) in [5.41, 5.74) is 3.35. The summed E-state index contributed by atoms with van der Waals surface area (Å²) in [5, 5.41) is 1.95. The fourth-order valence-electron chi connectivity index (χ4n) is 1.69. The first-order valence-electron chi connectivity index (χ1n) is 5.14. The molecule has 0 amide bonds. The van der Waals surface area contributed by atoms with Crippen molar-refractivity contribution in [2.24, 2.45) is 0 Å². The standard InChI is InChI=1S/C13H12ClIOS/c1-8-3-4-11(16-2)10(5-8)13(14)9-6-12(15)17-7-9/h3-7,13H,1-2H3. The third kappa shape index (κ3) is 2.95. The monoisotopic (exact) mass is 378 g/mol. The third-order valence-corrected chi connectivity index (χ3v) is 4.83. The predicted octanol–water partition coefficient (Wildman–Crippen LogP) is 5.00. The minimum absolute atomic E-state index is 0.149. The van der Waals surface area contributed by atoms with Crippen molar-refractivity contribution in [2.45, 2.75) is 12.3 Å². The fraction of sp³-hybridized carbons (Fsp3) is 0.231. The minimum Gasteiger partial charge on any atom is -0.496 e. The summed E-state index contributed by atoms with van der Waals surface area (Å²) in [6.07, 6.45) is 0. The molecule has 0 N–H and O–H groups in total. The Kier molecular flexibility index (Phi) is 4.33. The molecule has 1 aromatic carbocycles. The van der Waals surface area contributed by atoms with Gasteiger partial charge in [-0.3, -0.25) is 0 Å². The Morgan fingerprint density at radius 1 is 1.35 bits per heavy atom. The van der Waals surface area contributed by atoms with Crippen LogP contribution < -0.4 is 4.74 Å². The number of hydrogen-bond acceptors (Lipinski definition) is 2. The lowest BCUT2D eigenvalue weighted by atomic mass is 10.0. The molecule has 0 aliphatic heterocycles. The predicted molar refractivity (Wildman–Crippen MR) is 82.5 cm³/mol. The zero-order valence-corrected chi connectivity index (χ0v) is 13.3. The van der Waals surface area contributed by atoms with Crippen LogP contribution in [0.15, 0.2) is 29.6 Å². The molecule has 1 unspecified atom stereocenters. The topological polar surface area (TPSA) is 9.23 Å². The van der Waals surface area contributed by atoms with Gasteiger partial charge in [0.15, 0.2) is 0 Å². The molecule has 0 aliphatic carbocycles. The van der Waals surface area contributed by atoms with Crippen molar-refractivity contribution in [3.05, 3.63) is 49.2 Å². The molecule has 0 bridgehead atoms. The Morgan fingerprint density at radius 3 is 2.71 bits per heavy atom. The van der Waals surface area contributed by atoms with E-state index in [-0.39, 0.29) is 5.38 Å². The molecule has 4 heteroatoms. The molecule has 90 valence electrons. The van der Waals surface area contributed by atoms with Gasteiger partial charge < -0.3 is 4.74 Å². The Bertz CT molecular complexity index is 524. The third-order valence-electron chi connectivity index (χ3n) is 2.54. The van der Waals surface area contributed by atoms with Crippen molar-refractivity contribution in [1.29, 1.82) is 0 Å². The van der Waals surface area contributed by atoms with Gasteiger partial charge in [0.1, 0.15) is 5.75 Å². The van der Waals surface area contributed by atoms with Crippen LogP contribution in [0.4, 0.5) is 0 Å². The molecule has 0 aliphatic rings. The Hall–Kier alpha value is -0.260. The van der Waals surface area contributed by atoms with Crippen LogP contribution in [0.25, 0.3) is 0 Å². The first kappa shape index (κ1) is 13.2. The number of alkyl halides is 1. The number of rotatable bonds is 3. The van der Waals surface area contributed by atoms with E-state index in [0.29, 0.717) is 0 Å². The highest BCUT2D eigenvalue weighted by molar-refractivity contribution is 14.1. The summed E-state index contributed by atoms with van der Waals surface area (Å²) in [6, 6.07) is 8.20. The Morgan fingerprint density at radius 2 is 2.12 bits per heavy atom. The Labute approximate surface area is 124 Å². The number of hydrogen-bond donors (Lipinski definition) is 0. The van der Waals surface area contributed by atoms with Gasteiger partial charge in [-0.1, -0.05) is 17.7 Å².